The Labute approximate surface area is 165 Å². The molecule has 2 N–H and O–H groups in total. The number of amides is 2. The van der Waals surface area contributed by atoms with Gasteiger partial charge in [0.15, 0.2) is 0 Å². The molecule has 0 aromatic heterocycles. The summed E-state index contributed by atoms with van der Waals surface area (Å²) >= 11 is 0. The number of nitrogens with zero attached hydrogens (tertiary/aromatic N) is 2. The van der Waals surface area contributed by atoms with Crippen molar-refractivity contribution >= 4 is 17.5 Å². The third kappa shape index (κ3) is 3.72. The van der Waals surface area contributed by atoms with Gasteiger partial charge >= 0.3 is 0 Å². The van der Waals surface area contributed by atoms with Gasteiger partial charge in [0.1, 0.15) is 11.9 Å². The Morgan fingerprint density at radius 3 is 2.61 bits per heavy atom. The first-order valence-electron chi connectivity index (χ1n) is 10.3. The predicted molar refractivity (Wildman–Crippen MR) is 106 cm³/mol. The van der Waals surface area contributed by atoms with Gasteiger partial charge in [0.05, 0.1) is 0 Å². The zero-order valence-corrected chi connectivity index (χ0v) is 16.6. The summed E-state index contributed by atoms with van der Waals surface area (Å²) in [7, 11) is 0. The first-order chi connectivity index (χ1) is 13.4. The Hall–Kier alpha value is -2.15. The fourth-order valence-corrected chi connectivity index (χ4v) is 4.85. The van der Waals surface area contributed by atoms with E-state index in [2.05, 4.69) is 15.5 Å². The van der Waals surface area contributed by atoms with Crippen molar-refractivity contribution in [3.63, 3.8) is 0 Å². The number of hydrogen-bond donors (Lipinski definition) is 2. The fourth-order valence-electron chi connectivity index (χ4n) is 4.85. The molecule has 2 amide bonds. The lowest BCUT2D eigenvalue weighted by Gasteiger charge is -2.37. The molecule has 1 aromatic rings. The molecule has 28 heavy (non-hydrogen) atoms. The minimum atomic E-state index is -0.399. The van der Waals surface area contributed by atoms with E-state index in [1.54, 1.807) is 13.0 Å². The number of aryl methyl sites for hydroxylation is 1. The molecular weight excluding hydrogens is 359 g/mol. The molecule has 2 fully saturated rings. The van der Waals surface area contributed by atoms with E-state index in [-0.39, 0.29) is 23.7 Å². The number of benzene rings is 1. The van der Waals surface area contributed by atoms with Gasteiger partial charge in [-0.05, 0) is 37.8 Å². The minimum absolute atomic E-state index is 0.0398. The monoisotopic (exact) mass is 388 g/mol. The standard InChI is InChI=1S/C21H29FN4O2/c1-13-3-6-18(22)17-12-19(24-20(13)17)21(28)23-15-4-5-16(11-15)26-9-7-25(8-10-26)14(2)27/h3,6,15-16,19,24H,4-5,7-12H2,1-2H3,(H,23,28). The number of anilines is 1. The summed E-state index contributed by atoms with van der Waals surface area (Å²) in [6.07, 6.45) is 3.38. The quantitative estimate of drug-likeness (QED) is 0.827. The van der Waals surface area contributed by atoms with Crippen LogP contribution in [-0.2, 0) is 16.0 Å². The van der Waals surface area contributed by atoms with Crippen molar-refractivity contribution in [2.45, 2.75) is 57.7 Å². The van der Waals surface area contributed by atoms with Crippen LogP contribution in [0.1, 0.15) is 37.3 Å². The number of halogens is 1. The number of hydrogen-bond acceptors (Lipinski definition) is 4. The number of nitrogens with one attached hydrogen (secondary N) is 2. The van der Waals surface area contributed by atoms with Crippen LogP contribution in [0.4, 0.5) is 10.1 Å². The summed E-state index contributed by atoms with van der Waals surface area (Å²) in [6.45, 7) is 6.94. The second-order valence-electron chi connectivity index (χ2n) is 8.33. The molecule has 0 bridgehead atoms. The van der Waals surface area contributed by atoms with Gasteiger partial charge < -0.3 is 15.5 Å². The van der Waals surface area contributed by atoms with Gasteiger partial charge in [0.2, 0.25) is 11.8 Å². The Morgan fingerprint density at radius 2 is 1.93 bits per heavy atom. The molecular formula is C21H29FN4O2. The van der Waals surface area contributed by atoms with Crippen LogP contribution in [0.25, 0.3) is 0 Å². The molecule has 2 heterocycles. The lowest BCUT2D eigenvalue weighted by Crippen LogP contribution is -2.51. The highest BCUT2D eigenvalue weighted by Gasteiger charge is 2.35. The van der Waals surface area contributed by atoms with Crippen LogP contribution >= 0.6 is 0 Å². The predicted octanol–water partition coefficient (Wildman–Crippen LogP) is 1.67. The van der Waals surface area contributed by atoms with Crippen molar-refractivity contribution in [2.24, 2.45) is 0 Å². The molecule has 1 saturated carbocycles. The Bertz CT molecular complexity index is 745. The molecule has 1 aliphatic carbocycles. The largest absolute Gasteiger partial charge is 0.373 e. The lowest BCUT2D eigenvalue weighted by molar-refractivity contribution is -0.131. The molecule has 1 saturated heterocycles. The summed E-state index contributed by atoms with van der Waals surface area (Å²) < 4.78 is 14.0. The molecule has 3 unspecified atom stereocenters. The third-order valence-corrected chi connectivity index (χ3v) is 6.53. The minimum Gasteiger partial charge on any atom is -0.373 e. The van der Waals surface area contributed by atoms with E-state index in [1.165, 1.54) is 6.07 Å². The van der Waals surface area contributed by atoms with Gasteiger partial charge in [0.25, 0.3) is 0 Å². The van der Waals surface area contributed by atoms with E-state index in [4.69, 9.17) is 0 Å². The van der Waals surface area contributed by atoms with E-state index < -0.39 is 6.04 Å². The van der Waals surface area contributed by atoms with E-state index in [0.717, 1.165) is 56.7 Å². The smallest absolute Gasteiger partial charge is 0.243 e. The van der Waals surface area contributed by atoms with Crippen molar-refractivity contribution in [1.82, 2.24) is 15.1 Å². The van der Waals surface area contributed by atoms with Crippen LogP contribution in [0.15, 0.2) is 12.1 Å². The van der Waals surface area contributed by atoms with Crippen LogP contribution in [-0.4, -0.2) is 65.9 Å². The van der Waals surface area contributed by atoms with E-state index >= 15 is 0 Å². The molecule has 3 aliphatic rings. The van der Waals surface area contributed by atoms with Gasteiger partial charge in [-0.25, -0.2) is 4.39 Å². The topological polar surface area (TPSA) is 64.7 Å². The number of carbonyl (C=O) groups is 2. The van der Waals surface area contributed by atoms with Crippen LogP contribution in [0.3, 0.4) is 0 Å². The van der Waals surface area contributed by atoms with Gasteiger partial charge in [-0.1, -0.05) is 6.07 Å². The molecule has 2 aliphatic heterocycles. The summed E-state index contributed by atoms with van der Waals surface area (Å²) in [6, 6.07) is 3.45. The second kappa shape index (κ2) is 7.70. The molecule has 6 nitrogen and oxygen atoms in total. The molecule has 3 atom stereocenters. The highest BCUT2D eigenvalue weighted by atomic mass is 19.1. The van der Waals surface area contributed by atoms with Crippen LogP contribution in [0.2, 0.25) is 0 Å². The highest BCUT2D eigenvalue weighted by Crippen LogP contribution is 2.32. The summed E-state index contributed by atoms with van der Waals surface area (Å²) in [4.78, 5) is 28.6. The first-order valence-corrected chi connectivity index (χ1v) is 10.3. The highest BCUT2D eigenvalue weighted by molar-refractivity contribution is 5.88. The average molecular weight is 388 g/mol. The van der Waals surface area contributed by atoms with Crippen molar-refractivity contribution in [3.05, 3.63) is 29.1 Å². The number of piperazine rings is 1. The fraction of sp³-hybridized carbons (Fsp3) is 0.619. The Morgan fingerprint density at radius 1 is 1.18 bits per heavy atom. The van der Waals surface area contributed by atoms with Crippen LogP contribution < -0.4 is 10.6 Å². The molecule has 152 valence electrons. The normalized spacial score (nSPS) is 27.4. The zero-order valence-electron chi connectivity index (χ0n) is 16.6. The van der Waals surface area contributed by atoms with Crippen LogP contribution in [0, 0.1) is 12.7 Å². The van der Waals surface area contributed by atoms with Gasteiger partial charge in [-0.2, -0.15) is 0 Å². The van der Waals surface area contributed by atoms with Crippen LogP contribution in [0.5, 0.6) is 0 Å². The molecule has 4 rings (SSSR count). The summed E-state index contributed by atoms with van der Waals surface area (Å²) in [5.41, 5.74) is 2.36. The molecule has 0 radical (unpaired) electrons. The van der Waals surface area contributed by atoms with Gasteiger partial charge in [-0.15, -0.1) is 0 Å². The molecule has 7 heteroatoms. The van der Waals surface area contributed by atoms with Crippen molar-refractivity contribution in [3.8, 4) is 0 Å². The Balaban J connectivity index is 1.28. The first kappa shape index (κ1) is 19.2. The van der Waals surface area contributed by atoms with Gasteiger partial charge in [-0.3, -0.25) is 14.5 Å². The average Bonchev–Trinajstić information content (AvgIpc) is 3.33. The third-order valence-electron chi connectivity index (χ3n) is 6.53. The summed E-state index contributed by atoms with van der Waals surface area (Å²) in [5, 5.41) is 6.38. The van der Waals surface area contributed by atoms with E-state index in [1.807, 2.05) is 11.8 Å². The second-order valence-corrected chi connectivity index (χ2v) is 8.33. The lowest BCUT2D eigenvalue weighted by atomic mass is 10.1. The molecule has 0 spiro atoms. The number of rotatable bonds is 3. The van der Waals surface area contributed by atoms with Crippen molar-refractivity contribution in [1.29, 1.82) is 0 Å². The van der Waals surface area contributed by atoms with Crippen molar-refractivity contribution < 1.29 is 14.0 Å². The zero-order chi connectivity index (χ0) is 19.8. The van der Waals surface area contributed by atoms with E-state index in [0.29, 0.717) is 18.0 Å². The summed E-state index contributed by atoms with van der Waals surface area (Å²) in [5.74, 6) is -0.135. The maximum Gasteiger partial charge on any atom is 0.243 e. The van der Waals surface area contributed by atoms with E-state index in [9.17, 15) is 14.0 Å². The number of fused-ring (bicyclic) bond motifs is 1. The maximum atomic E-state index is 14.0. The SMILES string of the molecule is CC(=O)N1CCN(C2CCC(NC(=O)C3Cc4c(F)ccc(C)c4N3)C2)CC1. The molecule has 1 aromatic carbocycles. The number of carbonyl (C=O) groups excluding carboxylic acids is 2. The maximum absolute atomic E-state index is 14.0. The van der Waals surface area contributed by atoms with Crippen molar-refractivity contribution in [2.75, 3.05) is 31.5 Å². The van der Waals surface area contributed by atoms with Gasteiger partial charge in [0, 0.05) is 62.9 Å². The Kier molecular flexibility index (Phi) is 5.27.